The van der Waals surface area contributed by atoms with E-state index >= 15 is 0 Å². The summed E-state index contributed by atoms with van der Waals surface area (Å²) >= 11 is 1.44. The van der Waals surface area contributed by atoms with Crippen LogP contribution in [0.4, 0.5) is 13.2 Å². The largest absolute Gasteiger partial charge is 0.493 e. The van der Waals surface area contributed by atoms with Crippen LogP contribution in [0.15, 0.2) is 29.6 Å². The van der Waals surface area contributed by atoms with Crippen molar-refractivity contribution in [3.63, 3.8) is 0 Å². The van der Waals surface area contributed by atoms with Crippen LogP contribution in [-0.4, -0.2) is 37.5 Å². The molecule has 2 rings (SSSR count). The van der Waals surface area contributed by atoms with E-state index in [-0.39, 0.29) is 6.42 Å². The van der Waals surface area contributed by atoms with E-state index in [1.807, 2.05) is 12.2 Å². The number of thiophene rings is 1. The second-order valence-electron chi connectivity index (χ2n) is 6.85. The van der Waals surface area contributed by atoms with E-state index in [2.05, 4.69) is 0 Å². The number of halogens is 3. The predicted molar refractivity (Wildman–Crippen MR) is 109 cm³/mol. The molecule has 0 aliphatic rings. The van der Waals surface area contributed by atoms with Gasteiger partial charge in [-0.25, -0.2) is 0 Å². The van der Waals surface area contributed by atoms with Crippen molar-refractivity contribution in [3.8, 4) is 11.5 Å². The zero-order valence-electron chi connectivity index (χ0n) is 17.1. The highest BCUT2D eigenvalue weighted by Crippen LogP contribution is 2.30. The van der Waals surface area contributed by atoms with Crippen LogP contribution in [0, 0.1) is 0 Å². The molecule has 5 nitrogen and oxygen atoms in total. The number of benzene rings is 1. The summed E-state index contributed by atoms with van der Waals surface area (Å²) in [4.78, 5) is 12.6. The van der Waals surface area contributed by atoms with Crippen LogP contribution in [0.25, 0.3) is 0 Å². The van der Waals surface area contributed by atoms with Crippen molar-refractivity contribution in [1.82, 2.24) is 5.32 Å². The molecule has 1 aromatic heterocycles. The number of carbonyl (C=O) groups excluding carboxylic acids is 1. The van der Waals surface area contributed by atoms with Crippen molar-refractivity contribution in [2.45, 2.75) is 50.9 Å². The molecule has 0 radical (unpaired) electrons. The maximum atomic E-state index is 12.8. The van der Waals surface area contributed by atoms with E-state index < -0.39 is 24.2 Å². The van der Waals surface area contributed by atoms with Gasteiger partial charge in [0.05, 0.1) is 26.4 Å². The Morgan fingerprint density at radius 1 is 1.17 bits per heavy atom. The Balaban J connectivity index is 2.19. The summed E-state index contributed by atoms with van der Waals surface area (Å²) in [6, 6.07) is 5.86. The number of methoxy groups -OCH3 is 2. The minimum absolute atomic E-state index is 0.109. The molecule has 166 valence electrons. The monoisotopic (exact) mass is 445 g/mol. The van der Waals surface area contributed by atoms with E-state index in [0.717, 1.165) is 23.3 Å². The van der Waals surface area contributed by atoms with E-state index in [4.69, 9.17) is 9.47 Å². The molecule has 0 aliphatic carbocycles. The third kappa shape index (κ3) is 6.37. The number of ether oxygens (including phenoxy) is 2. The molecule has 0 aliphatic heterocycles. The van der Waals surface area contributed by atoms with E-state index in [1.54, 1.807) is 29.6 Å². The van der Waals surface area contributed by atoms with Crippen molar-refractivity contribution in [3.05, 3.63) is 45.6 Å². The zero-order chi connectivity index (χ0) is 22.3. The van der Waals surface area contributed by atoms with Gasteiger partial charge in [0.25, 0.3) is 0 Å². The van der Waals surface area contributed by atoms with Gasteiger partial charge >= 0.3 is 12.1 Å². The van der Waals surface area contributed by atoms with Crippen LogP contribution < -0.4 is 14.8 Å². The number of rotatable bonds is 10. The van der Waals surface area contributed by atoms with Crippen LogP contribution in [-0.2, 0) is 17.6 Å². The van der Waals surface area contributed by atoms with Gasteiger partial charge in [-0.3, -0.25) is 4.79 Å². The molecule has 0 bridgehead atoms. The van der Waals surface area contributed by atoms with E-state index in [9.17, 15) is 23.1 Å². The highest BCUT2D eigenvalue weighted by Gasteiger charge is 2.40. The number of alkyl halides is 3. The molecule has 1 unspecified atom stereocenters. The van der Waals surface area contributed by atoms with E-state index in [1.165, 1.54) is 25.6 Å². The van der Waals surface area contributed by atoms with Gasteiger partial charge in [0.1, 0.15) is 0 Å². The summed E-state index contributed by atoms with van der Waals surface area (Å²) in [6.07, 6.45) is -4.10. The fraction of sp³-hybridized carbons (Fsp3) is 0.476. The molecule has 1 heterocycles. The predicted octanol–water partition coefficient (Wildman–Crippen LogP) is 4.43. The quantitative estimate of drug-likeness (QED) is 0.568. The second-order valence-corrected chi connectivity index (χ2v) is 7.84. The summed E-state index contributed by atoms with van der Waals surface area (Å²) < 4.78 is 48.8. The fourth-order valence-electron chi connectivity index (χ4n) is 3.08. The first kappa shape index (κ1) is 24.0. The first-order chi connectivity index (χ1) is 14.2. The number of aliphatic hydroxyl groups excluding tert-OH is 1. The highest BCUT2D eigenvalue weighted by molar-refractivity contribution is 7.10. The molecule has 2 N–H and O–H groups in total. The molecular weight excluding hydrogens is 419 g/mol. The molecule has 9 heteroatoms. The van der Waals surface area contributed by atoms with Crippen LogP contribution in [0.5, 0.6) is 11.5 Å². The maximum Gasteiger partial charge on any atom is 0.471 e. The number of aliphatic hydroxyl groups is 1. The molecule has 0 saturated heterocycles. The summed E-state index contributed by atoms with van der Waals surface area (Å²) in [5.41, 5.74) is 1.28. The van der Waals surface area contributed by atoms with Gasteiger partial charge in [-0.1, -0.05) is 19.4 Å². The Bertz CT molecular complexity index is 838. The Labute approximate surface area is 177 Å². The number of amides is 1. The lowest BCUT2D eigenvalue weighted by Gasteiger charge is -2.24. The number of hydrogen-bond acceptors (Lipinski definition) is 5. The number of nitrogens with one attached hydrogen (secondary N) is 1. The third-order valence-electron chi connectivity index (χ3n) is 4.66. The third-order valence-corrected chi connectivity index (χ3v) is 5.67. The molecule has 2 aromatic rings. The zero-order valence-corrected chi connectivity index (χ0v) is 17.9. The van der Waals surface area contributed by atoms with Crippen molar-refractivity contribution < 1.29 is 32.5 Å². The Kier molecular flexibility index (Phi) is 8.54. The summed E-state index contributed by atoms with van der Waals surface area (Å²) in [5, 5.41) is 14.4. The van der Waals surface area contributed by atoms with Gasteiger partial charge < -0.3 is 19.9 Å². The standard InChI is InChI=1S/C21H26F3NO4S/c1-4-5-15-11-14(12-30-15)19(26)16(25-20(27)21(22,23)24)8-6-13-7-9-17(28-2)18(10-13)29-3/h7,9-12,16,19,26H,4-6,8H2,1-3H3,(H,25,27)/t16-,19?/m1/s1. The number of hydrogen-bond donors (Lipinski definition) is 2. The number of aryl methyl sites for hydroxylation is 2. The minimum Gasteiger partial charge on any atom is -0.493 e. The van der Waals surface area contributed by atoms with Gasteiger partial charge in [-0.2, -0.15) is 13.2 Å². The molecule has 2 atom stereocenters. The van der Waals surface area contributed by atoms with Crippen molar-refractivity contribution in [2.24, 2.45) is 0 Å². The highest BCUT2D eigenvalue weighted by atomic mass is 32.1. The summed E-state index contributed by atoms with van der Waals surface area (Å²) in [7, 11) is 2.99. The average Bonchev–Trinajstić information content (AvgIpc) is 3.18. The Hall–Kier alpha value is -2.26. The lowest BCUT2D eigenvalue weighted by Crippen LogP contribution is -2.46. The lowest BCUT2D eigenvalue weighted by molar-refractivity contribution is -0.175. The molecule has 0 saturated carbocycles. The first-order valence-electron chi connectivity index (χ1n) is 9.53. The van der Waals surface area contributed by atoms with Crippen LogP contribution in [0.3, 0.4) is 0 Å². The molecule has 0 spiro atoms. The van der Waals surface area contributed by atoms with Crippen molar-refractivity contribution in [2.75, 3.05) is 14.2 Å². The fourth-order valence-corrected chi connectivity index (χ4v) is 4.10. The molecule has 0 fully saturated rings. The van der Waals surface area contributed by atoms with Crippen molar-refractivity contribution in [1.29, 1.82) is 0 Å². The van der Waals surface area contributed by atoms with Gasteiger partial charge in [0, 0.05) is 4.88 Å². The first-order valence-corrected chi connectivity index (χ1v) is 10.4. The average molecular weight is 446 g/mol. The van der Waals surface area contributed by atoms with Crippen molar-refractivity contribution >= 4 is 17.2 Å². The lowest BCUT2D eigenvalue weighted by atomic mass is 9.97. The molecular formula is C21H26F3NO4S. The molecule has 1 aromatic carbocycles. The smallest absolute Gasteiger partial charge is 0.471 e. The van der Waals surface area contributed by atoms with Gasteiger partial charge in [-0.15, -0.1) is 11.3 Å². The second kappa shape index (κ2) is 10.7. The van der Waals surface area contributed by atoms with Gasteiger partial charge in [0.2, 0.25) is 0 Å². The maximum absolute atomic E-state index is 12.8. The SMILES string of the molecule is CCCc1cc(C(O)[C@@H](CCc2ccc(OC)c(OC)c2)NC(=O)C(F)(F)F)cs1. The summed E-state index contributed by atoms with van der Waals surface area (Å²) in [5.74, 6) is -1.04. The number of carbonyl (C=O) groups is 1. The van der Waals surface area contributed by atoms with Crippen LogP contribution in [0.1, 0.15) is 41.9 Å². The minimum atomic E-state index is -5.02. The van der Waals surface area contributed by atoms with Crippen LogP contribution in [0.2, 0.25) is 0 Å². The topological polar surface area (TPSA) is 67.8 Å². The van der Waals surface area contributed by atoms with E-state index in [0.29, 0.717) is 23.5 Å². The van der Waals surface area contributed by atoms with Gasteiger partial charge in [-0.05, 0) is 54.0 Å². The molecule has 1 amide bonds. The Morgan fingerprint density at radius 2 is 1.87 bits per heavy atom. The molecule has 30 heavy (non-hydrogen) atoms. The Morgan fingerprint density at radius 3 is 2.47 bits per heavy atom. The normalized spacial score (nSPS) is 13.6. The summed E-state index contributed by atoms with van der Waals surface area (Å²) in [6.45, 7) is 2.02. The van der Waals surface area contributed by atoms with Crippen LogP contribution >= 0.6 is 11.3 Å². The van der Waals surface area contributed by atoms with Gasteiger partial charge in [0.15, 0.2) is 11.5 Å².